The smallest absolute Gasteiger partial charge is 0.343 e. The van der Waals surface area contributed by atoms with Gasteiger partial charge in [0.2, 0.25) is 0 Å². The molecular formula is C50H48BrClF6N6O7. The Bertz CT molecular complexity index is 2880. The molecule has 0 aliphatic carbocycles. The predicted molar refractivity (Wildman–Crippen MR) is 263 cm³/mol. The number of amides is 1. The van der Waals surface area contributed by atoms with E-state index in [0.29, 0.717) is 44.3 Å². The summed E-state index contributed by atoms with van der Waals surface area (Å²) >= 11 is 9.31. The number of aromatic carboxylic acids is 1. The number of hydrogen-bond donors (Lipinski definition) is 6. The lowest BCUT2D eigenvalue weighted by Gasteiger charge is -2.18. The van der Waals surface area contributed by atoms with Gasteiger partial charge in [-0.2, -0.15) is 0 Å². The maximum Gasteiger partial charge on any atom is 0.343 e. The van der Waals surface area contributed by atoms with E-state index in [-0.39, 0.29) is 34.4 Å². The summed E-state index contributed by atoms with van der Waals surface area (Å²) in [6.07, 6.45) is 1.40. The zero-order valence-corrected chi connectivity index (χ0v) is 41.4. The minimum absolute atomic E-state index is 0.0134. The van der Waals surface area contributed by atoms with E-state index < -0.39 is 81.5 Å². The van der Waals surface area contributed by atoms with Crippen LogP contribution < -0.4 is 21.7 Å². The van der Waals surface area contributed by atoms with Crippen molar-refractivity contribution < 1.29 is 60.5 Å². The number of rotatable bonds is 12. The monoisotopic (exact) mass is 1070 g/mol. The highest BCUT2D eigenvalue weighted by molar-refractivity contribution is 9.10. The minimum atomic E-state index is -1.61. The van der Waals surface area contributed by atoms with Gasteiger partial charge in [-0.1, -0.05) is 71.7 Å². The average Bonchev–Trinajstić information content (AvgIpc) is 3.25. The molecule has 0 aliphatic heterocycles. The zero-order valence-electron chi connectivity index (χ0n) is 39.0. The lowest BCUT2D eigenvalue weighted by molar-refractivity contribution is -0.139. The molecule has 0 unspecified atom stereocenters. The van der Waals surface area contributed by atoms with Crippen LogP contribution in [0.25, 0.3) is 26.9 Å². The van der Waals surface area contributed by atoms with Crippen molar-refractivity contribution in [3.8, 4) is 11.1 Å². The lowest BCUT2D eigenvalue weighted by atomic mass is 9.95. The molecule has 13 nitrogen and oxygen atoms in total. The number of nitrogens with one attached hydrogen (secondary N) is 3. The maximum absolute atomic E-state index is 14.7. The van der Waals surface area contributed by atoms with E-state index in [1.54, 1.807) is 76.4 Å². The highest BCUT2D eigenvalue weighted by Crippen LogP contribution is 2.36. The molecule has 6 aromatic rings. The second kappa shape index (κ2) is 26.7. The summed E-state index contributed by atoms with van der Waals surface area (Å²) in [4.78, 5) is 54.0. The van der Waals surface area contributed by atoms with E-state index in [1.165, 1.54) is 0 Å². The highest BCUT2D eigenvalue weighted by atomic mass is 79.9. The highest BCUT2D eigenvalue weighted by Gasteiger charge is 2.27. The number of aromatic nitrogens is 1. The van der Waals surface area contributed by atoms with E-state index in [9.17, 15) is 50.6 Å². The van der Waals surface area contributed by atoms with Crippen molar-refractivity contribution in [1.82, 2.24) is 10.3 Å². The Balaban J connectivity index is 0.000000337. The van der Waals surface area contributed by atoms with Gasteiger partial charge in [0.1, 0.15) is 57.6 Å². The topological polar surface area (TPSA) is 197 Å². The molecule has 21 heteroatoms. The van der Waals surface area contributed by atoms with Gasteiger partial charge in [0.05, 0.1) is 19.2 Å². The van der Waals surface area contributed by atoms with Crippen LogP contribution in [0, 0.1) is 41.5 Å². The number of fused-ring (bicyclic) bond motifs is 1. The van der Waals surface area contributed by atoms with Crippen molar-refractivity contribution in [3.63, 3.8) is 0 Å². The third-order valence-electron chi connectivity index (χ3n) is 9.09. The fraction of sp³-hybridized carbons (Fsp3) is 0.240. The molecule has 0 radical (unpaired) electrons. The normalized spacial score (nSPS) is 11.0. The Labute approximate surface area is 418 Å². The number of aliphatic carboxylic acids is 1. The summed E-state index contributed by atoms with van der Waals surface area (Å²) in [6.45, 7) is 18.3. The van der Waals surface area contributed by atoms with Crippen molar-refractivity contribution in [3.05, 3.63) is 163 Å². The van der Waals surface area contributed by atoms with Crippen LogP contribution in [0.5, 0.6) is 0 Å². The average molecular weight is 1070 g/mol. The minimum Gasteiger partial charge on any atom is -0.480 e. The molecule has 1 heterocycles. The second-order valence-corrected chi connectivity index (χ2v) is 17.4. The summed E-state index contributed by atoms with van der Waals surface area (Å²) in [5, 5.41) is 27.2. The fourth-order valence-electron chi connectivity index (χ4n) is 6.31. The van der Waals surface area contributed by atoms with E-state index in [1.807, 2.05) is 13.8 Å². The van der Waals surface area contributed by atoms with Gasteiger partial charge in [0, 0.05) is 56.5 Å². The Morgan fingerprint density at radius 2 is 1.23 bits per heavy atom. The largest absolute Gasteiger partial charge is 0.480 e. The van der Waals surface area contributed by atoms with Crippen LogP contribution in [-0.2, 0) is 16.0 Å². The van der Waals surface area contributed by atoms with Crippen LogP contribution in [-0.4, -0.2) is 70.3 Å². The number of methoxy groups -OCH3 is 1. The number of anilines is 2. The number of halogens is 8. The number of hydrogen-bond acceptors (Lipinski definition) is 9. The Morgan fingerprint density at radius 3 is 1.66 bits per heavy atom. The van der Waals surface area contributed by atoms with E-state index in [4.69, 9.17) is 29.0 Å². The number of esters is 1. The fourth-order valence-corrected chi connectivity index (χ4v) is 6.99. The molecule has 1 atom stereocenters. The van der Waals surface area contributed by atoms with Crippen molar-refractivity contribution in [2.75, 3.05) is 17.7 Å². The first-order valence-corrected chi connectivity index (χ1v) is 22.3. The molecule has 0 bridgehead atoms. The van der Waals surface area contributed by atoms with Crippen LogP contribution in [0.15, 0.2) is 89.5 Å². The van der Waals surface area contributed by atoms with Crippen LogP contribution in [0.3, 0.4) is 0 Å². The Kier molecular flexibility index (Phi) is 21.8. The van der Waals surface area contributed by atoms with Crippen molar-refractivity contribution in [1.29, 1.82) is 0 Å². The molecule has 0 spiro atoms. The van der Waals surface area contributed by atoms with Gasteiger partial charge in [0.25, 0.3) is 5.91 Å². The molecule has 7 N–H and O–H groups in total. The molecule has 1 aromatic heterocycles. The number of carboxylic acids is 2. The number of pyridine rings is 1. The standard InChI is InChI=1S/C29H23ClF2N4O3.C10H11F2NO2.C8H5BrF2O2.C3H9N/c1-15(2)35-18-13-23(31)26(24(32)14-18)28(37)36-25(29(38)39)11-16-6-8-21(27-19(16)5-4-10-34-27)20-9-7-17(33-3)12-22(20)30;1-5(2)13-6-3-7(11)9(10(14)15)8(12)4-6;1-13-8(12)7-5(10)2-4(9)3-6(7)11;1-3(2)4/h4-10,12-15,25,35H,11H2,1-2H3,(H,36,37)(H,38,39);3-5,13H,1-2H3,(H,14,15);2-3H,1H3;3H,4H2,1-2H3/t25-;;;/m0.../s1. The summed E-state index contributed by atoms with van der Waals surface area (Å²) in [6, 6.07) is 16.4. The van der Waals surface area contributed by atoms with Gasteiger partial charge >= 0.3 is 17.9 Å². The number of carbonyl (C=O) groups is 4. The van der Waals surface area contributed by atoms with Crippen LogP contribution in [0.2, 0.25) is 5.02 Å². The van der Waals surface area contributed by atoms with Crippen molar-refractivity contribution in [2.24, 2.45) is 5.73 Å². The number of nitrogens with two attached hydrogens (primary N) is 1. The molecule has 1 amide bonds. The third kappa shape index (κ3) is 16.7. The van der Waals surface area contributed by atoms with Crippen LogP contribution in [0.4, 0.5) is 43.4 Å². The molecule has 0 saturated heterocycles. The van der Waals surface area contributed by atoms with E-state index in [0.717, 1.165) is 43.5 Å². The molecule has 376 valence electrons. The summed E-state index contributed by atoms with van der Waals surface area (Å²) < 4.78 is 86.0. The lowest BCUT2D eigenvalue weighted by Crippen LogP contribution is -2.43. The van der Waals surface area contributed by atoms with E-state index >= 15 is 0 Å². The summed E-state index contributed by atoms with van der Waals surface area (Å²) in [7, 11) is 1.06. The van der Waals surface area contributed by atoms with Gasteiger partial charge in [-0.15, -0.1) is 0 Å². The molecular weight excluding hydrogens is 1030 g/mol. The van der Waals surface area contributed by atoms with Gasteiger partial charge in [0.15, 0.2) is 5.69 Å². The van der Waals surface area contributed by atoms with Gasteiger partial charge in [-0.05, 0) is 93.4 Å². The number of nitrogens with zero attached hydrogens (tertiary/aromatic N) is 2. The van der Waals surface area contributed by atoms with Gasteiger partial charge in [-0.3, -0.25) is 9.78 Å². The first-order valence-electron chi connectivity index (χ1n) is 21.1. The number of carbonyl (C=O) groups excluding carboxylic acids is 2. The summed E-state index contributed by atoms with van der Waals surface area (Å²) in [5.41, 5.74) is 5.81. The quantitative estimate of drug-likeness (QED) is 0.0387. The molecule has 0 fully saturated rings. The van der Waals surface area contributed by atoms with E-state index in [2.05, 4.69) is 46.4 Å². The molecule has 0 saturated carbocycles. The molecule has 71 heavy (non-hydrogen) atoms. The third-order valence-corrected chi connectivity index (χ3v) is 9.86. The molecule has 5 aromatic carbocycles. The Hall–Kier alpha value is -7.21. The van der Waals surface area contributed by atoms with Crippen LogP contribution in [0.1, 0.15) is 78.2 Å². The second-order valence-electron chi connectivity index (χ2n) is 16.0. The number of benzene rings is 5. The Morgan fingerprint density at radius 1 is 0.746 bits per heavy atom. The van der Waals surface area contributed by atoms with Gasteiger partial charge in [-0.25, -0.2) is 45.6 Å². The van der Waals surface area contributed by atoms with Crippen LogP contribution >= 0.6 is 27.5 Å². The molecule has 6 rings (SSSR count). The van der Waals surface area contributed by atoms with Crippen molar-refractivity contribution in [2.45, 2.75) is 72.1 Å². The first-order chi connectivity index (χ1) is 33.3. The first kappa shape index (κ1) is 58.1. The SMILES string of the molecule is CC(C)N.CC(C)Nc1cc(F)c(C(=O)O)c(F)c1.COC(=O)c1c(F)cc(Br)cc1F.[C-]#[N+]c1ccc(-c2ccc(C[C@H](NC(=O)c3c(F)cc(NC(C)C)cc3F)C(=O)O)c3cccnc23)c(Cl)c1. The molecule has 0 aliphatic rings. The number of carboxylic acid groups (broad SMARTS) is 2. The predicted octanol–water partition coefficient (Wildman–Crippen LogP) is 12.0. The van der Waals surface area contributed by atoms with Gasteiger partial charge < -0.3 is 36.6 Å². The number of ether oxygens (including phenoxy) is 1. The zero-order chi connectivity index (χ0) is 53.4. The van der Waals surface area contributed by atoms with Crippen molar-refractivity contribution >= 4 is 79.3 Å². The summed E-state index contributed by atoms with van der Waals surface area (Å²) in [5.74, 6) is -11.5. The maximum atomic E-state index is 14.7.